The highest BCUT2D eigenvalue weighted by molar-refractivity contribution is 5.43. The first-order valence-corrected chi connectivity index (χ1v) is 6.99. The van der Waals surface area contributed by atoms with Crippen molar-refractivity contribution in [2.24, 2.45) is 5.41 Å². The van der Waals surface area contributed by atoms with Gasteiger partial charge < -0.3 is 9.64 Å². The van der Waals surface area contributed by atoms with Gasteiger partial charge in [0.25, 0.3) is 5.56 Å². The van der Waals surface area contributed by atoms with E-state index in [0.717, 1.165) is 31.6 Å². The van der Waals surface area contributed by atoms with Crippen LogP contribution in [0.3, 0.4) is 0 Å². The molecule has 106 valence electrons. The van der Waals surface area contributed by atoms with Gasteiger partial charge in [0.2, 0.25) is 0 Å². The Balaban J connectivity index is 1.74. The Kier molecular flexibility index (Phi) is 3.45. The lowest BCUT2D eigenvalue weighted by atomic mass is 10.0. The molecular formula is C14H18N4O2. The first-order valence-electron chi connectivity index (χ1n) is 6.99. The molecule has 20 heavy (non-hydrogen) atoms. The highest BCUT2D eigenvalue weighted by atomic mass is 16.5. The molecule has 0 unspecified atom stereocenters. The zero-order chi connectivity index (χ0) is 14.0. The molecule has 0 spiro atoms. The third-order valence-electron chi connectivity index (χ3n) is 4.13. The van der Waals surface area contributed by atoms with E-state index in [9.17, 15) is 4.79 Å². The molecule has 0 bridgehead atoms. The van der Waals surface area contributed by atoms with E-state index in [0.29, 0.717) is 26.2 Å². The second kappa shape index (κ2) is 5.25. The van der Waals surface area contributed by atoms with Crippen molar-refractivity contribution in [1.82, 2.24) is 9.78 Å². The Morgan fingerprint density at radius 3 is 2.75 bits per heavy atom. The second-order valence-electron chi connectivity index (χ2n) is 5.64. The molecule has 2 aliphatic rings. The van der Waals surface area contributed by atoms with Gasteiger partial charge in [-0.05, 0) is 12.8 Å². The summed E-state index contributed by atoms with van der Waals surface area (Å²) in [5, 5.41) is 13.1. The SMILES string of the molecule is N#CCC1(Cn2ncc(N3CCOCC3)cc2=O)CC1. The smallest absolute Gasteiger partial charge is 0.268 e. The highest BCUT2D eigenvalue weighted by Crippen LogP contribution is 2.49. The first-order chi connectivity index (χ1) is 9.72. The molecular weight excluding hydrogens is 256 g/mol. The van der Waals surface area contributed by atoms with Crippen LogP contribution in [0.5, 0.6) is 0 Å². The number of aromatic nitrogens is 2. The van der Waals surface area contributed by atoms with Crippen molar-refractivity contribution in [2.75, 3.05) is 31.2 Å². The van der Waals surface area contributed by atoms with Crippen LogP contribution in [-0.2, 0) is 11.3 Å². The minimum absolute atomic E-state index is 0.00788. The van der Waals surface area contributed by atoms with Gasteiger partial charge >= 0.3 is 0 Å². The second-order valence-corrected chi connectivity index (χ2v) is 5.64. The number of anilines is 1. The summed E-state index contributed by atoms with van der Waals surface area (Å²) in [5.74, 6) is 0. The number of ether oxygens (including phenoxy) is 1. The lowest BCUT2D eigenvalue weighted by molar-refractivity contribution is 0.122. The summed E-state index contributed by atoms with van der Waals surface area (Å²) in [7, 11) is 0. The molecule has 1 saturated carbocycles. The minimum atomic E-state index is -0.0850. The molecule has 2 fully saturated rings. The van der Waals surface area contributed by atoms with E-state index in [-0.39, 0.29) is 11.0 Å². The Bertz CT molecular complexity index is 580. The molecule has 0 atom stereocenters. The van der Waals surface area contributed by atoms with Gasteiger partial charge in [-0.25, -0.2) is 4.68 Å². The van der Waals surface area contributed by atoms with Gasteiger partial charge in [0, 0.05) is 31.0 Å². The van der Waals surface area contributed by atoms with Crippen LogP contribution in [0.15, 0.2) is 17.1 Å². The molecule has 1 aromatic heterocycles. The van der Waals surface area contributed by atoms with Crippen LogP contribution >= 0.6 is 0 Å². The van der Waals surface area contributed by atoms with Crippen LogP contribution in [0.2, 0.25) is 0 Å². The summed E-state index contributed by atoms with van der Waals surface area (Å²) < 4.78 is 6.79. The zero-order valence-electron chi connectivity index (χ0n) is 11.4. The highest BCUT2D eigenvalue weighted by Gasteiger charge is 2.43. The summed E-state index contributed by atoms with van der Waals surface area (Å²) in [6, 6.07) is 3.85. The van der Waals surface area contributed by atoms with E-state index in [1.165, 1.54) is 4.68 Å². The summed E-state index contributed by atoms with van der Waals surface area (Å²) >= 11 is 0. The van der Waals surface area contributed by atoms with Crippen LogP contribution in [0.25, 0.3) is 0 Å². The molecule has 6 heteroatoms. The average Bonchev–Trinajstić information content (AvgIpc) is 3.22. The lowest BCUT2D eigenvalue weighted by Gasteiger charge is -2.28. The van der Waals surface area contributed by atoms with Crippen molar-refractivity contribution >= 4 is 5.69 Å². The Morgan fingerprint density at radius 1 is 1.40 bits per heavy atom. The number of hydrogen-bond acceptors (Lipinski definition) is 5. The third-order valence-corrected chi connectivity index (χ3v) is 4.13. The normalized spacial score (nSPS) is 20.4. The van der Waals surface area contributed by atoms with Crippen LogP contribution in [-0.4, -0.2) is 36.1 Å². The van der Waals surface area contributed by atoms with E-state index in [1.54, 1.807) is 12.3 Å². The van der Waals surface area contributed by atoms with Gasteiger partial charge in [-0.2, -0.15) is 10.4 Å². The average molecular weight is 274 g/mol. The Labute approximate surface area is 117 Å². The molecule has 0 aromatic carbocycles. The molecule has 6 nitrogen and oxygen atoms in total. The number of morpholine rings is 1. The van der Waals surface area contributed by atoms with E-state index < -0.39 is 0 Å². The molecule has 3 rings (SSSR count). The summed E-state index contributed by atoms with van der Waals surface area (Å²) in [4.78, 5) is 14.3. The van der Waals surface area contributed by atoms with Gasteiger partial charge in [-0.15, -0.1) is 0 Å². The van der Waals surface area contributed by atoms with Crippen LogP contribution in [0, 0.1) is 16.7 Å². The fraction of sp³-hybridized carbons (Fsp3) is 0.643. The van der Waals surface area contributed by atoms with E-state index in [2.05, 4.69) is 16.1 Å². The van der Waals surface area contributed by atoms with Crippen molar-refractivity contribution in [2.45, 2.75) is 25.8 Å². The maximum atomic E-state index is 12.2. The fourth-order valence-corrected chi connectivity index (χ4v) is 2.59. The van der Waals surface area contributed by atoms with Gasteiger partial charge in [-0.3, -0.25) is 4.79 Å². The monoisotopic (exact) mass is 274 g/mol. The number of rotatable bonds is 4. The summed E-state index contributed by atoms with van der Waals surface area (Å²) in [6.07, 6.45) is 4.28. The van der Waals surface area contributed by atoms with Crippen molar-refractivity contribution in [3.63, 3.8) is 0 Å². The maximum Gasteiger partial charge on any atom is 0.268 e. The maximum absolute atomic E-state index is 12.2. The first kappa shape index (κ1) is 13.1. The fourth-order valence-electron chi connectivity index (χ4n) is 2.59. The molecule has 1 saturated heterocycles. The molecule has 1 aliphatic heterocycles. The predicted molar refractivity (Wildman–Crippen MR) is 73.4 cm³/mol. The third kappa shape index (κ3) is 2.68. The van der Waals surface area contributed by atoms with Crippen LogP contribution < -0.4 is 10.5 Å². The molecule has 1 aliphatic carbocycles. The molecule has 0 amide bonds. The topological polar surface area (TPSA) is 71.2 Å². The standard InChI is InChI=1S/C14H18N4O2/c15-4-3-14(1-2-14)11-18-13(19)9-12(10-16-18)17-5-7-20-8-6-17/h9-10H,1-3,5-8,11H2. The van der Waals surface area contributed by atoms with E-state index in [4.69, 9.17) is 10.00 Å². The van der Waals surface area contributed by atoms with Crippen LogP contribution in [0.4, 0.5) is 5.69 Å². The number of hydrogen-bond donors (Lipinski definition) is 0. The molecule has 0 N–H and O–H groups in total. The van der Waals surface area contributed by atoms with Crippen molar-refractivity contribution in [3.05, 3.63) is 22.6 Å². The minimum Gasteiger partial charge on any atom is -0.378 e. The van der Waals surface area contributed by atoms with Crippen molar-refractivity contribution in [1.29, 1.82) is 5.26 Å². The lowest BCUT2D eigenvalue weighted by Crippen LogP contribution is -2.37. The van der Waals surface area contributed by atoms with Crippen LogP contribution in [0.1, 0.15) is 19.3 Å². The summed E-state index contributed by atoms with van der Waals surface area (Å²) in [5.41, 5.74) is 0.768. The van der Waals surface area contributed by atoms with Gasteiger partial charge in [0.1, 0.15) is 0 Å². The molecule has 2 heterocycles. The summed E-state index contributed by atoms with van der Waals surface area (Å²) in [6.45, 7) is 3.53. The predicted octanol–water partition coefficient (Wildman–Crippen LogP) is 0.774. The van der Waals surface area contributed by atoms with Crippen molar-refractivity contribution < 1.29 is 4.74 Å². The number of nitrogens with zero attached hydrogens (tertiary/aromatic N) is 4. The van der Waals surface area contributed by atoms with Gasteiger partial charge in [0.05, 0.1) is 37.7 Å². The zero-order valence-corrected chi connectivity index (χ0v) is 11.4. The van der Waals surface area contributed by atoms with E-state index in [1.807, 2.05) is 0 Å². The van der Waals surface area contributed by atoms with Crippen molar-refractivity contribution in [3.8, 4) is 6.07 Å². The molecule has 1 aromatic rings. The largest absolute Gasteiger partial charge is 0.378 e. The Morgan fingerprint density at radius 2 is 2.15 bits per heavy atom. The van der Waals surface area contributed by atoms with Gasteiger partial charge in [0.15, 0.2) is 0 Å². The molecule has 0 radical (unpaired) electrons. The number of nitriles is 1. The van der Waals surface area contributed by atoms with E-state index >= 15 is 0 Å². The Hall–Kier alpha value is -1.87. The quantitative estimate of drug-likeness (QED) is 0.811. The van der Waals surface area contributed by atoms with Gasteiger partial charge in [-0.1, -0.05) is 0 Å².